The third-order valence-corrected chi connectivity index (χ3v) is 9.11. The number of carbonyl (C=O) groups excluding carboxylic acids is 6. The van der Waals surface area contributed by atoms with E-state index in [4.69, 9.17) is 9.47 Å². The lowest BCUT2D eigenvalue weighted by Gasteiger charge is -2.41. The molecule has 2 heterocycles. The number of carbonyl (C=O) groups is 6. The zero-order valence-electron chi connectivity index (χ0n) is 23.7. The molecule has 1 aliphatic carbocycles. The highest BCUT2D eigenvalue weighted by atomic mass is 33.1. The van der Waals surface area contributed by atoms with Crippen LogP contribution in [0.5, 0.6) is 0 Å². The largest absolute Gasteiger partial charge is 0.460 e. The van der Waals surface area contributed by atoms with E-state index in [2.05, 4.69) is 21.3 Å². The van der Waals surface area contributed by atoms with Crippen molar-refractivity contribution in [2.75, 3.05) is 18.1 Å². The Morgan fingerprint density at radius 2 is 1.85 bits per heavy atom. The second-order valence-electron chi connectivity index (χ2n) is 11.3. The Bertz CT molecular complexity index is 1040. The van der Waals surface area contributed by atoms with E-state index >= 15 is 0 Å². The fourth-order valence-corrected chi connectivity index (χ4v) is 6.60. The summed E-state index contributed by atoms with van der Waals surface area (Å²) in [4.78, 5) is 78.0. The number of allylic oxidation sites excluding steroid dienone is 1. The maximum Gasteiger partial charge on any atom is 0.308 e. The summed E-state index contributed by atoms with van der Waals surface area (Å²) in [7, 11) is 2.90. The summed E-state index contributed by atoms with van der Waals surface area (Å²) in [6, 6.07) is -2.16. The number of fused-ring (bicyclic) bond motifs is 7. The molecule has 3 atom stereocenters. The molecule has 3 rings (SSSR count). The normalized spacial score (nSPS) is 27.5. The van der Waals surface area contributed by atoms with Gasteiger partial charge in [-0.1, -0.05) is 27.7 Å². The Morgan fingerprint density at radius 1 is 1.10 bits per heavy atom. The van der Waals surface area contributed by atoms with Crippen LogP contribution in [0.2, 0.25) is 0 Å². The van der Waals surface area contributed by atoms with E-state index in [0.29, 0.717) is 25.0 Å². The first kappa shape index (κ1) is 32.8. The lowest BCUT2D eigenvalue weighted by molar-refractivity contribution is -0.155. The van der Waals surface area contributed by atoms with Gasteiger partial charge in [-0.15, -0.1) is 0 Å². The summed E-state index contributed by atoms with van der Waals surface area (Å²) in [5.41, 5.74) is -1.85. The molecular formula is C27H40N4O8S2. The molecule has 2 fully saturated rings. The van der Waals surface area contributed by atoms with Gasteiger partial charge in [-0.2, -0.15) is 0 Å². The van der Waals surface area contributed by atoms with Crippen LogP contribution >= 0.6 is 21.6 Å². The average Bonchev–Trinajstić information content (AvgIpc) is 2.85. The van der Waals surface area contributed by atoms with E-state index in [1.165, 1.54) is 21.6 Å². The van der Waals surface area contributed by atoms with Crippen molar-refractivity contribution < 1.29 is 38.2 Å². The van der Waals surface area contributed by atoms with Crippen LogP contribution < -0.4 is 21.3 Å². The average molecular weight is 613 g/mol. The molecule has 3 aliphatic rings. The van der Waals surface area contributed by atoms with Crippen molar-refractivity contribution in [3.8, 4) is 0 Å². The maximum absolute atomic E-state index is 13.5. The first-order chi connectivity index (χ1) is 19.4. The van der Waals surface area contributed by atoms with Crippen LogP contribution in [-0.2, 0) is 38.2 Å². The van der Waals surface area contributed by atoms with E-state index < -0.39 is 64.9 Å². The number of hydrogen-bond acceptors (Lipinski definition) is 10. The van der Waals surface area contributed by atoms with Crippen molar-refractivity contribution in [3.05, 3.63) is 12.2 Å². The minimum Gasteiger partial charge on any atom is -0.460 e. The molecule has 2 aliphatic heterocycles. The molecule has 12 nitrogen and oxygen atoms in total. The summed E-state index contributed by atoms with van der Waals surface area (Å²) in [5, 5.41) is 10.9. The molecule has 4 N–H and O–H groups in total. The Balaban J connectivity index is 1.91. The van der Waals surface area contributed by atoms with E-state index in [0.717, 1.165) is 6.42 Å². The van der Waals surface area contributed by atoms with Gasteiger partial charge in [-0.25, -0.2) is 0 Å². The van der Waals surface area contributed by atoms with Gasteiger partial charge in [0.15, 0.2) is 0 Å². The molecule has 4 amide bonds. The molecular weight excluding hydrogens is 572 g/mol. The smallest absolute Gasteiger partial charge is 0.308 e. The zero-order chi connectivity index (χ0) is 30.0. The molecule has 1 spiro atoms. The van der Waals surface area contributed by atoms with Gasteiger partial charge in [0.2, 0.25) is 23.6 Å². The van der Waals surface area contributed by atoms with Crippen LogP contribution in [-0.4, -0.2) is 82.9 Å². The molecule has 228 valence electrons. The van der Waals surface area contributed by atoms with Gasteiger partial charge in [0, 0.05) is 24.5 Å². The van der Waals surface area contributed by atoms with Crippen LogP contribution in [0.3, 0.4) is 0 Å². The van der Waals surface area contributed by atoms with Gasteiger partial charge in [0.25, 0.3) is 0 Å². The highest BCUT2D eigenvalue weighted by molar-refractivity contribution is 8.76. The number of esters is 2. The van der Waals surface area contributed by atoms with Crippen LogP contribution in [0.15, 0.2) is 12.2 Å². The van der Waals surface area contributed by atoms with Gasteiger partial charge in [-0.3, -0.25) is 28.8 Å². The van der Waals surface area contributed by atoms with E-state index in [9.17, 15) is 28.8 Å². The Labute approximate surface area is 248 Å². The third-order valence-electron chi connectivity index (χ3n) is 6.67. The van der Waals surface area contributed by atoms with E-state index in [1.54, 1.807) is 26.8 Å². The summed E-state index contributed by atoms with van der Waals surface area (Å²) in [6.45, 7) is 5.19. The topological polar surface area (TPSA) is 169 Å². The third kappa shape index (κ3) is 10.6. The molecule has 1 saturated heterocycles. The highest BCUT2D eigenvalue weighted by Gasteiger charge is 2.46. The lowest BCUT2D eigenvalue weighted by Crippen LogP contribution is -2.66. The van der Waals surface area contributed by atoms with Crippen molar-refractivity contribution in [1.29, 1.82) is 0 Å². The van der Waals surface area contributed by atoms with Gasteiger partial charge in [-0.05, 0) is 59.0 Å². The zero-order valence-corrected chi connectivity index (χ0v) is 25.4. The lowest BCUT2D eigenvalue weighted by atomic mass is 9.75. The fraction of sp³-hybridized carbons (Fsp3) is 0.704. The number of nitrogens with one attached hydrogen (secondary N) is 4. The SMILES string of the molecule is CC(C)(C)OC(=O)CC[C@H]1NC(=O)C[C@H]2/C=C/CCSSC[C@@H](NC1=O)C(=O)NC1(CCC1)C(=O)NCCC(=O)O2. The monoisotopic (exact) mass is 612 g/mol. The van der Waals surface area contributed by atoms with Gasteiger partial charge in [0.05, 0.1) is 12.8 Å². The first-order valence-electron chi connectivity index (χ1n) is 13.9. The number of rotatable bonds is 3. The Morgan fingerprint density at radius 3 is 2.54 bits per heavy atom. The highest BCUT2D eigenvalue weighted by Crippen LogP contribution is 2.32. The van der Waals surface area contributed by atoms with Crippen molar-refractivity contribution in [2.24, 2.45) is 0 Å². The summed E-state index contributed by atoms with van der Waals surface area (Å²) < 4.78 is 10.9. The standard InChI is InChI=1S/C27H40N4O8S2/c1-26(2,3)39-22(34)9-8-18-23(35)30-19-16-41-40-14-5-4-7-17(15-20(32)29-18)38-21(33)10-13-28-25(37)27(11-6-12-27)31-24(19)36/h4,7,17-19H,5-6,8-16H2,1-3H3,(H,28,37)(H,29,32)(H,30,35)(H,31,36)/b7-4+/t17-,18-,19-/m1/s1. The molecule has 0 radical (unpaired) electrons. The van der Waals surface area contributed by atoms with Gasteiger partial charge < -0.3 is 30.7 Å². The van der Waals surface area contributed by atoms with Crippen LogP contribution in [0.25, 0.3) is 0 Å². The van der Waals surface area contributed by atoms with Crippen LogP contribution in [0, 0.1) is 0 Å². The van der Waals surface area contributed by atoms with E-state index in [1.807, 2.05) is 6.08 Å². The number of amides is 4. The van der Waals surface area contributed by atoms with Crippen molar-refractivity contribution in [1.82, 2.24) is 21.3 Å². The van der Waals surface area contributed by atoms with Crippen LogP contribution in [0.4, 0.5) is 0 Å². The summed E-state index contributed by atoms with van der Waals surface area (Å²) >= 11 is 0. The number of hydrogen-bond donors (Lipinski definition) is 4. The van der Waals surface area contributed by atoms with Crippen molar-refractivity contribution >= 4 is 57.2 Å². The predicted octanol–water partition coefficient (Wildman–Crippen LogP) is 1.28. The molecule has 41 heavy (non-hydrogen) atoms. The minimum absolute atomic E-state index is 0.0112. The summed E-state index contributed by atoms with van der Waals surface area (Å²) in [6.07, 6.45) is 4.20. The Kier molecular flexibility index (Phi) is 11.9. The maximum atomic E-state index is 13.5. The second-order valence-corrected chi connectivity index (χ2v) is 13.9. The second kappa shape index (κ2) is 14.9. The molecule has 1 saturated carbocycles. The first-order valence-corrected chi connectivity index (χ1v) is 16.4. The van der Waals surface area contributed by atoms with E-state index in [-0.39, 0.29) is 38.0 Å². The molecule has 0 unspecified atom stereocenters. The molecule has 14 heteroatoms. The molecule has 0 aromatic rings. The minimum atomic E-state index is -1.16. The van der Waals surface area contributed by atoms with Gasteiger partial charge in [0.1, 0.15) is 29.3 Å². The summed E-state index contributed by atoms with van der Waals surface area (Å²) in [5.74, 6) is -2.38. The number of ether oxygens (including phenoxy) is 2. The van der Waals surface area contributed by atoms with Crippen molar-refractivity contribution in [3.63, 3.8) is 0 Å². The fourth-order valence-electron chi connectivity index (χ4n) is 4.44. The molecule has 2 bridgehead atoms. The predicted molar refractivity (Wildman–Crippen MR) is 154 cm³/mol. The van der Waals surface area contributed by atoms with Gasteiger partial charge >= 0.3 is 11.9 Å². The van der Waals surface area contributed by atoms with Crippen molar-refractivity contribution in [2.45, 2.75) is 101 Å². The van der Waals surface area contributed by atoms with Crippen LogP contribution in [0.1, 0.15) is 72.1 Å². The molecule has 0 aromatic heterocycles. The Hall–Kier alpha value is -2.74. The molecule has 0 aromatic carbocycles. The quantitative estimate of drug-likeness (QED) is 0.207.